The lowest BCUT2D eigenvalue weighted by molar-refractivity contribution is -0.148. The van der Waals surface area contributed by atoms with Crippen LogP contribution in [0.3, 0.4) is 0 Å². The topological polar surface area (TPSA) is 38.3 Å². The third-order valence-electron chi connectivity index (χ3n) is 4.32. The molecule has 2 atom stereocenters. The molecular weight excluding hydrogens is 283 g/mol. The van der Waals surface area contributed by atoms with Crippen LogP contribution in [0.2, 0.25) is 0 Å². The van der Waals surface area contributed by atoms with Gasteiger partial charge in [-0.1, -0.05) is 25.0 Å². The summed E-state index contributed by atoms with van der Waals surface area (Å²) in [6.45, 7) is -0.0224. The highest BCUT2D eigenvalue weighted by Gasteiger charge is 2.47. The van der Waals surface area contributed by atoms with E-state index in [-0.39, 0.29) is 18.6 Å². The van der Waals surface area contributed by atoms with E-state index < -0.39 is 17.3 Å². The first-order valence-corrected chi connectivity index (χ1v) is 7.02. The summed E-state index contributed by atoms with van der Waals surface area (Å²) in [6.07, 6.45) is -1.48. The normalized spacial score (nSPS) is 29.7. The van der Waals surface area contributed by atoms with Crippen LogP contribution in [0.15, 0.2) is 24.3 Å². The molecular formula is C15H16F3NO2. The zero-order valence-electron chi connectivity index (χ0n) is 11.4. The van der Waals surface area contributed by atoms with E-state index in [1.165, 1.54) is 6.07 Å². The Morgan fingerprint density at radius 1 is 1.29 bits per heavy atom. The number of hydrogen-bond acceptors (Lipinski definition) is 2. The molecule has 0 spiro atoms. The van der Waals surface area contributed by atoms with Crippen molar-refractivity contribution in [1.29, 1.82) is 0 Å². The minimum atomic E-state index is -4.39. The van der Waals surface area contributed by atoms with E-state index in [2.05, 4.69) is 5.32 Å². The molecule has 2 unspecified atom stereocenters. The molecule has 3 rings (SSSR count). The minimum absolute atomic E-state index is 0.0224. The second-order valence-electron chi connectivity index (χ2n) is 5.64. The van der Waals surface area contributed by atoms with Crippen molar-refractivity contribution >= 4 is 5.91 Å². The summed E-state index contributed by atoms with van der Waals surface area (Å²) in [4.78, 5) is 11.7. The Balaban J connectivity index is 2.04. The van der Waals surface area contributed by atoms with Crippen LogP contribution in [-0.2, 0) is 21.2 Å². The van der Waals surface area contributed by atoms with Crippen LogP contribution < -0.4 is 5.32 Å². The van der Waals surface area contributed by atoms with Gasteiger partial charge in [-0.05, 0) is 30.5 Å². The van der Waals surface area contributed by atoms with Crippen LogP contribution in [0, 0.1) is 0 Å². The number of halogens is 3. The Hall–Kier alpha value is -1.56. The summed E-state index contributed by atoms with van der Waals surface area (Å²) in [7, 11) is 0. The molecule has 1 aromatic rings. The molecule has 1 N–H and O–H groups in total. The first-order chi connectivity index (χ1) is 9.92. The van der Waals surface area contributed by atoms with Crippen molar-refractivity contribution in [2.75, 3.05) is 6.61 Å². The van der Waals surface area contributed by atoms with Gasteiger partial charge in [0.1, 0.15) is 6.61 Å². The van der Waals surface area contributed by atoms with Gasteiger partial charge >= 0.3 is 6.18 Å². The predicted octanol–water partition coefficient (Wildman–Crippen LogP) is 2.99. The van der Waals surface area contributed by atoms with Crippen LogP contribution >= 0.6 is 0 Å². The molecule has 6 heteroatoms. The molecule has 2 fully saturated rings. The molecule has 1 saturated carbocycles. The van der Waals surface area contributed by atoms with Gasteiger partial charge in [0.2, 0.25) is 5.91 Å². The summed E-state index contributed by atoms with van der Waals surface area (Å²) in [5.41, 5.74) is -1.04. The van der Waals surface area contributed by atoms with Crippen molar-refractivity contribution in [3.8, 4) is 0 Å². The molecule has 1 heterocycles. The molecule has 1 aliphatic heterocycles. The van der Waals surface area contributed by atoms with E-state index >= 15 is 0 Å². The van der Waals surface area contributed by atoms with E-state index in [9.17, 15) is 18.0 Å². The average molecular weight is 299 g/mol. The number of rotatable bonds is 1. The van der Waals surface area contributed by atoms with Crippen LogP contribution in [0.4, 0.5) is 13.2 Å². The molecule has 3 nitrogen and oxygen atoms in total. The zero-order chi connectivity index (χ0) is 15.1. The molecule has 0 bridgehead atoms. The molecule has 1 aliphatic carbocycles. The molecule has 1 saturated heterocycles. The SMILES string of the molecule is O=C1COC2CCCCC2(c2cccc(C(F)(F)F)c2)N1. The summed E-state index contributed by atoms with van der Waals surface area (Å²) in [6, 6.07) is 5.21. The molecule has 1 aromatic carbocycles. The van der Waals surface area contributed by atoms with Gasteiger partial charge in [-0.2, -0.15) is 13.2 Å². The minimum Gasteiger partial charge on any atom is -0.366 e. The Morgan fingerprint density at radius 2 is 2.10 bits per heavy atom. The number of amides is 1. The Bertz CT molecular complexity index is 558. The number of hydrogen-bond donors (Lipinski definition) is 1. The lowest BCUT2D eigenvalue weighted by Crippen LogP contribution is -2.61. The number of alkyl halides is 3. The van der Waals surface area contributed by atoms with E-state index in [0.29, 0.717) is 12.0 Å². The quantitative estimate of drug-likeness (QED) is 0.865. The highest BCUT2D eigenvalue weighted by Crippen LogP contribution is 2.42. The van der Waals surface area contributed by atoms with E-state index in [0.717, 1.165) is 31.4 Å². The predicted molar refractivity (Wildman–Crippen MR) is 69.5 cm³/mol. The van der Waals surface area contributed by atoms with Crippen molar-refractivity contribution < 1.29 is 22.7 Å². The van der Waals surface area contributed by atoms with Crippen molar-refractivity contribution in [3.05, 3.63) is 35.4 Å². The van der Waals surface area contributed by atoms with Gasteiger partial charge in [0.15, 0.2) is 0 Å². The molecule has 21 heavy (non-hydrogen) atoms. The third-order valence-corrected chi connectivity index (χ3v) is 4.32. The number of nitrogens with one attached hydrogen (secondary N) is 1. The molecule has 114 valence electrons. The standard InChI is InChI=1S/C15H16F3NO2/c16-15(17,18)11-5-3-4-10(8-11)14-7-2-1-6-12(14)21-9-13(20)19-14/h3-5,8,12H,1-2,6-7,9H2,(H,19,20). The number of ether oxygens (including phenoxy) is 1. The lowest BCUT2D eigenvalue weighted by Gasteiger charge is -2.47. The number of morpholine rings is 1. The fourth-order valence-corrected chi connectivity index (χ4v) is 3.35. The van der Waals surface area contributed by atoms with E-state index in [1.54, 1.807) is 6.07 Å². The zero-order valence-corrected chi connectivity index (χ0v) is 11.4. The van der Waals surface area contributed by atoms with Crippen LogP contribution in [-0.4, -0.2) is 18.6 Å². The first-order valence-electron chi connectivity index (χ1n) is 7.02. The van der Waals surface area contributed by atoms with Crippen LogP contribution in [0.5, 0.6) is 0 Å². The summed E-state index contributed by atoms with van der Waals surface area (Å²) in [5, 5.41) is 2.90. The largest absolute Gasteiger partial charge is 0.416 e. The van der Waals surface area contributed by atoms with Gasteiger partial charge < -0.3 is 10.1 Å². The maximum absolute atomic E-state index is 12.9. The highest BCUT2D eigenvalue weighted by molar-refractivity contribution is 5.79. The van der Waals surface area contributed by atoms with E-state index in [1.807, 2.05) is 0 Å². The summed E-state index contributed by atoms with van der Waals surface area (Å²) < 4.78 is 44.3. The second-order valence-corrected chi connectivity index (χ2v) is 5.64. The fourth-order valence-electron chi connectivity index (χ4n) is 3.35. The maximum Gasteiger partial charge on any atom is 0.416 e. The van der Waals surface area contributed by atoms with Crippen LogP contribution in [0.25, 0.3) is 0 Å². The van der Waals surface area contributed by atoms with Gasteiger partial charge in [0.05, 0.1) is 17.2 Å². The van der Waals surface area contributed by atoms with Crippen molar-refractivity contribution in [2.45, 2.75) is 43.5 Å². The van der Waals surface area contributed by atoms with Crippen molar-refractivity contribution in [3.63, 3.8) is 0 Å². The van der Waals surface area contributed by atoms with Gasteiger partial charge in [-0.3, -0.25) is 4.79 Å². The van der Waals surface area contributed by atoms with Gasteiger partial charge in [-0.25, -0.2) is 0 Å². The fraction of sp³-hybridized carbons (Fsp3) is 0.533. The Labute approximate surface area is 120 Å². The second kappa shape index (κ2) is 5.02. The van der Waals surface area contributed by atoms with Gasteiger partial charge in [0.25, 0.3) is 0 Å². The van der Waals surface area contributed by atoms with Crippen molar-refractivity contribution in [2.24, 2.45) is 0 Å². The number of fused-ring (bicyclic) bond motifs is 1. The first kappa shape index (κ1) is 14.4. The Morgan fingerprint density at radius 3 is 2.86 bits per heavy atom. The number of carbonyl (C=O) groups is 1. The van der Waals surface area contributed by atoms with Gasteiger partial charge in [0, 0.05) is 0 Å². The smallest absolute Gasteiger partial charge is 0.366 e. The monoisotopic (exact) mass is 299 g/mol. The molecule has 0 aromatic heterocycles. The van der Waals surface area contributed by atoms with Crippen LogP contribution in [0.1, 0.15) is 36.8 Å². The number of benzene rings is 1. The number of carbonyl (C=O) groups excluding carboxylic acids is 1. The Kier molecular flexibility index (Phi) is 3.43. The van der Waals surface area contributed by atoms with Crippen molar-refractivity contribution in [1.82, 2.24) is 5.32 Å². The van der Waals surface area contributed by atoms with E-state index in [4.69, 9.17) is 4.74 Å². The maximum atomic E-state index is 12.9. The highest BCUT2D eigenvalue weighted by atomic mass is 19.4. The molecule has 2 aliphatic rings. The third kappa shape index (κ3) is 2.52. The average Bonchev–Trinajstić information content (AvgIpc) is 2.46. The summed E-state index contributed by atoms with van der Waals surface area (Å²) >= 11 is 0. The summed E-state index contributed by atoms with van der Waals surface area (Å²) in [5.74, 6) is -0.273. The molecule has 0 radical (unpaired) electrons. The van der Waals surface area contributed by atoms with Gasteiger partial charge in [-0.15, -0.1) is 0 Å². The lowest BCUT2D eigenvalue weighted by atomic mass is 9.73. The molecule has 1 amide bonds.